The highest BCUT2D eigenvalue weighted by Gasteiger charge is 2.22. The Bertz CT molecular complexity index is 461. The number of ether oxygens (including phenoxy) is 4. The molecule has 0 bridgehead atoms. The van der Waals surface area contributed by atoms with Crippen LogP contribution >= 0.6 is 0 Å². The summed E-state index contributed by atoms with van der Waals surface area (Å²) in [6.07, 6.45) is -1.99. The maximum absolute atomic E-state index is 12.0. The number of aliphatic hydroxyl groups excluding tert-OH is 2. The summed E-state index contributed by atoms with van der Waals surface area (Å²) in [5, 5.41) is 18.2. The fraction of sp³-hybridized carbons (Fsp3) is 0.500. The van der Waals surface area contributed by atoms with E-state index in [1.807, 2.05) is 0 Å². The predicted octanol–water partition coefficient (Wildman–Crippen LogP) is 0.611. The first kappa shape index (κ1) is 17.1. The molecule has 1 rings (SSSR count). The van der Waals surface area contributed by atoms with Crippen LogP contribution in [0.5, 0.6) is 17.2 Å². The Morgan fingerprint density at radius 3 is 2.05 bits per heavy atom. The van der Waals surface area contributed by atoms with Crippen molar-refractivity contribution in [1.82, 2.24) is 0 Å². The van der Waals surface area contributed by atoms with Crippen molar-refractivity contribution in [2.24, 2.45) is 0 Å². The van der Waals surface area contributed by atoms with Crippen LogP contribution in [0.3, 0.4) is 0 Å². The van der Waals surface area contributed by atoms with Gasteiger partial charge in [0.05, 0.1) is 33.5 Å². The van der Waals surface area contributed by atoms with Crippen LogP contribution in [-0.2, 0) is 4.74 Å². The molecule has 0 aromatic heterocycles. The molecule has 21 heavy (non-hydrogen) atoms. The average Bonchev–Trinajstić information content (AvgIpc) is 2.51. The Balaban J connectivity index is 3.05. The third-order valence-corrected chi connectivity index (χ3v) is 2.92. The van der Waals surface area contributed by atoms with Crippen LogP contribution in [0.25, 0.3) is 0 Å². The van der Waals surface area contributed by atoms with Crippen LogP contribution in [0, 0.1) is 0 Å². The van der Waals surface area contributed by atoms with Crippen LogP contribution < -0.4 is 14.2 Å². The predicted molar refractivity (Wildman–Crippen MR) is 74.1 cm³/mol. The number of rotatable bonds is 7. The second-order valence-corrected chi connectivity index (χ2v) is 4.27. The molecule has 2 atom stereocenters. The number of esters is 1. The van der Waals surface area contributed by atoms with Crippen molar-refractivity contribution >= 4 is 5.97 Å². The topological polar surface area (TPSA) is 94.5 Å². The molecule has 0 radical (unpaired) electrons. The maximum atomic E-state index is 12.0. The molecule has 0 saturated heterocycles. The van der Waals surface area contributed by atoms with E-state index in [1.54, 1.807) is 0 Å². The molecule has 0 amide bonds. The monoisotopic (exact) mass is 300 g/mol. The summed E-state index contributed by atoms with van der Waals surface area (Å²) in [5.74, 6) is 0.326. The van der Waals surface area contributed by atoms with Gasteiger partial charge in [0.15, 0.2) is 11.5 Å². The summed E-state index contributed by atoms with van der Waals surface area (Å²) in [6, 6.07) is 2.89. The molecular formula is C14H20O7. The average molecular weight is 300 g/mol. The van der Waals surface area contributed by atoms with E-state index in [2.05, 4.69) is 0 Å². The first-order valence-electron chi connectivity index (χ1n) is 6.28. The molecule has 0 heterocycles. The lowest BCUT2D eigenvalue weighted by atomic mass is 10.1. The smallest absolute Gasteiger partial charge is 0.338 e. The van der Waals surface area contributed by atoms with Gasteiger partial charge in [0.1, 0.15) is 12.2 Å². The summed E-state index contributed by atoms with van der Waals surface area (Å²) in [5.41, 5.74) is 0.182. The van der Waals surface area contributed by atoms with Crippen LogP contribution in [0.2, 0.25) is 0 Å². The quantitative estimate of drug-likeness (QED) is 0.712. The number of methoxy groups -OCH3 is 3. The molecule has 0 unspecified atom stereocenters. The molecule has 2 N–H and O–H groups in total. The maximum Gasteiger partial charge on any atom is 0.338 e. The molecule has 0 spiro atoms. The van der Waals surface area contributed by atoms with E-state index in [1.165, 1.54) is 40.4 Å². The van der Waals surface area contributed by atoms with Gasteiger partial charge in [-0.1, -0.05) is 0 Å². The Kier molecular flexibility index (Phi) is 6.26. The lowest BCUT2D eigenvalue weighted by molar-refractivity contribution is -0.0294. The van der Waals surface area contributed by atoms with Gasteiger partial charge in [-0.05, 0) is 19.1 Å². The van der Waals surface area contributed by atoms with Gasteiger partial charge in [-0.25, -0.2) is 4.79 Å². The molecule has 7 heteroatoms. The number of hydrogen-bond donors (Lipinski definition) is 2. The lowest BCUT2D eigenvalue weighted by Crippen LogP contribution is -2.31. The normalized spacial score (nSPS) is 13.2. The molecular weight excluding hydrogens is 280 g/mol. The second kappa shape index (κ2) is 7.70. The summed E-state index contributed by atoms with van der Waals surface area (Å²) in [6.45, 7) is 0.987. The fourth-order valence-corrected chi connectivity index (χ4v) is 1.66. The van der Waals surface area contributed by atoms with Gasteiger partial charge in [0.2, 0.25) is 5.75 Å². The van der Waals surface area contributed by atoms with E-state index in [0.717, 1.165) is 0 Å². The van der Waals surface area contributed by atoms with Gasteiger partial charge in [0.25, 0.3) is 0 Å². The van der Waals surface area contributed by atoms with Gasteiger partial charge in [-0.2, -0.15) is 0 Å². The zero-order valence-electron chi connectivity index (χ0n) is 12.5. The SMILES string of the molecule is COc1cc(C(=O)O[C@H](C)[C@H](O)CO)cc(OC)c1OC. The summed E-state index contributed by atoms with van der Waals surface area (Å²) >= 11 is 0. The third-order valence-electron chi connectivity index (χ3n) is 2.92. The minimum absolute atomic E-state index is 0.182. The van der Waals surface area contributed by atoms with Gasteiger partial charge < -0.3 is 29.2 Å². The summed E-state index contributed by atoms with van der Waals surface area (Å²) < 4.78 is 20.5. The Labute approximate surface area is 123 Å². The molecule has 0 fully saturated rings. The van der Waals surface area contributed by atoms with E-state index < -0.39 is 24.8 Å². The highest BCUT2D eigenvalue weighted by atomic mass is 16.6. The Hall–Kier alpha value is -1.99. The Morgan fingerprint density at radius 1 is 1.14 bits per heavy atom. The van der Waals surface area contributed by atoms with E-state index in [4.69, 9.17) is 24.1 Å². The summed E-state index contributed by atoms with van der Waals surface area (Å²) in [4.78, 5) is 12.0. The molecule has 0 aliphatic heterocycles. The second-order valence-electron chi connectivity index (χ2n) is 4.27. The molecule has 0 saturated carbocycles. The van der Waals surface area contributed by atoms with Crippen molar-refractivity contribution in [3.8, 4) is 17.2 Å². The highest BCUT2D eigenvalue weighted by molar-refractivity contribution is 5.91. The van der Waals surface area contributed by atoms with E-state index in [9.17, 15) is 9.90 Å². The van der Waals surface area contributed by atoms with E-state index >= 15 is 0 Å². The molecule has 7 nitrogen and oxygen atoms in total. The van der Waals surface area contributed by atoms with Gasteiger partial charge in [-0.3, -0.25) is 0 Å². The van der Waals surface area contributed by atoms with Gasteiger partial charge in [0, 0.05) is 0 Å². The van der Waals surface area contributed by atoms with Crippen LogP contribution in [0.15, 0.2) is 12.1 Å². The number of aliphatic hydroxyl groups is 2. The van der Waals surface area contributed by atoms with Gasteiger partial charge >= 0.3 is 5.97 Å². The molecule has 118 valence electrons. The number of benzene rings is 1. The van der Waals surface area contributed by atoms with Gasteiger partial charge in [-0.15, -0.1) is 0 Å². The highest BCUT2D eigenvalue weighted by Crippen LogP contribution is 2.38. The summed E-state index contributed by atoms with van der Waals surface area (Å²) in [7, 11) is 4.33. The van der Waals surface area contributed by atoms with Crippen LogP contribution in [0.1, 0.15) is 17.3 Å². The van der Waals surface area contributed by atoms with Crippen molar-refractivity contribution in [1.29, 1.82) is 0 Å². The van der Waals surface area contributed by atoms with Crippen molar-refractivity contribution in [3.63, 3.8) is 0 Å². The first-order chi connectivity index (χ1) is 9.98. The zero-order chi connectivity index (χ0) is 16.0. The van der Waals surface area contributed by atoms with Crippen LogP contribution in [0.4, 0.5) is 0 Å². The minimum Gasteiger partial charge on any atom is -0.493 e. The molecule has 1 aromatic rings. The Morgan fingerprint density at radius 2 is 1.67 bits per heavy atom. The largest absolute Gasteiger partial charge is 0.493 e. The molecule has 0 aliphatic rings. The van der Waals surface area contributed by atoms with Crippen molar-refractivity contribution in [2.75, 3.05) is 27.9 Å². The van der Waals surface area contributed by atoms with E-state index in [-0.39, 0.29) is 5.56 Å². The minimum atomic E-state index is -1.14. The fourth-order valence-electron chi connectivity index (χ4n) is 1.66. The van der Waals surface area contributed by atoms with E-state index in [0.29, 0.717) is 17.2 Å². The lowest BCUT2D eigenvalue weighted by Gasteiger charge is -2.18. The standard InChI is InChI=1S/C14H20O7/c1-8(10(16)7-15)21-14(17)9-5-11(18-2)13(20-4)12(6-9)19-3/h5-6,8,10,15-16H,7H2,1-4H3/t8-,10-/m1/s1. The number of carbonyl (C=O) groups is 1. The number of carbonyl (C=O) groups excluding carboxylic acids is 1. The molecule has 0 aliphatic carbocycles. The zero-order valence-corrected chi connectivity index (χ0v) is 12.5. The first-order valence-corrected chi connectivity index (χ1v) is 6.28. The van der Waals surface area contributed by atoms with Crippen molar-refractivity contribution < 1.29 is 34.0 Å². The number of hydrogen-bond acceptors (Lipinski definition) is 7. The van der Waals surface area contributed by atoms with Crippen molar-refractivity contribution in [2.45, 2.75) is 19.1 Å². The van der Waals surface area contributed by atoms with Crippen LogP contribution in [-0.4, -0.2) is 56.3 Å². The third kappa shape index (κ3) is 3.99. The van der Waals surface area contributed by atoms with Crippen molar-refractivity contribution in [3.05, 3.63) is 17.7 Å². The molecule has 1 aromatic carbocycles.